The van der Waals surface area contributed by atoms with E-state index in [1.807, 2.05) is 0 Å². The summed E-state index contributed by atoms with van der Waals surface area (Å²) in [6.45, 7) is 3.60. The van der Waals surface area contributed by atoms with Crippen LogP contribution in [0.25, 0.3) is 0 Å². The van der Waals surface area contributed by atoms with E-state index in [-0.39, 0.29) is 0 Å². The molecule has 5 heteroatoms. The average Bonchev–Trinajstić information content (AvgIpc) is 1.86. The number of carboxylic acids is 1. The van der Waals surface area contributed by atoms with Crippen LogP contribution in [0.2, 0.25) is 0 Å². The van der Waals surface area contributed by atoms with Crippen molar-refractivity contribution in [2.24, 2.45) is 5.73 Å². The topological polar surface area (TPSA) is 63.3 Å². The first kappa shape index (κ1) is 11.0. The Hall–Kier alpha value is -0.000000000000000111. The molecular formula is C6H10BrNO2S. The molecule has 0 bridgehead atoms. The van der Waals surface area contributed by atoms with Gasteiger partial charge < -0.3 is 10.8 Å². The van der Waals surface area contributed by atoms with E-state index in [0.717, 1.165) is 4.48 Å². The Morgan fingerprint density at radius 3 is 2.73 bits per heavy atom. The lowest BCUT2D eigenvalue weighted by Gasteiger charge is -2.04. The highest BCUT2D eigenvalue weighted by molar-refractivity contribution is 9.11. The first-order chi connectivity index (χ1) is 5.04. The Bertz CT molecular complexity index is 163. The van der Waals surface area contributed by atoms with Gasteiger partial charge in [0.25, 0.3) is 0 Å². The second kappa shape index (κ2) is 5.62. The van der Waals surface area contributed by atoms with Crippen LogP contribution in [0, 0.1) is 0 Å². The Balaban J connectivity index is 3.39. The Labute approximate surface area is 78.2 Å². The van der Waals surface area contributed by atoms with Gasteiger partial charge >= 0.3 is 5.97 Å². The zero-order valence-corrected chi connectivity index (χ0v) is 8.32. The molecule has 0 aliphatic rings. The van der Waals surface area contributed by atoms with Gasteiger partial charge in [0.05, 0.1) is 0 Å². The number of halogens is 1. The zero-order valence-electron chi connectivity index (χ0n) is 5.92. The highest BCUT2D eigenvalue weighted by Gasteiger charge is 2.10. The van der Waals surface area contributed by atoms with Gasteiger partial charge in [-0.25, -0.2) is 0 Å². The lowest BCUT2D eigenvalue weighted by molar-refractivity contribution is -0.137. The lowest BCUT2D eigenvalue weighted by Crippen LogP contribution is -2.32. The molecule has 1 atom stereocenters. The summed E-state index contributed by atoms with van der Waals surface area (Å²) in [6, 6.07) is -0.771. The van der Waals surface area contributed by atoms with Crippen LogP contribution in [0.15, 0.2) is 11.1 Å². The van der Waals surface area contributed by atoms with E-state index in [9.17, 15) is 4.79 Å². The molecule has 0 amide bonds. The molecule has 0 aromatic heterocycles. The molecule has 0 spiro atoms. The van der Waals surface area contributed by atoms with Gasteiger partial charge in [-0.3, -0.25) is 4.79 Å². The van der Waals surface area contributed by atoms with E-state index in [1.165, 1.54) is 11.8 Å². The Morgan fingerprint density at radius 1 is 1.82 bits per heavy atom. The van der Waals surface area contributed by atoms with Crippen LogP contribution in [0.4, 0.5) is 0 Å². The number of hydrogen-bond acceptors (Lipinski definition) is 3. The van der Waals surface area contributed by atoms with E-state index in [1.54, 1.807) is 0 Å². The molecule has 0 aliphatic heterocycles. The fourth-order valence-electron chi connectivity index (χ4n) is 0.368. The zero-order chi connectivity index (χ0) is 8.85. The van der Waals surface area contributed by atoms with Crippen molar-refractivity contribution in [2.75, 3.05) is 11.5 Å². The summed E-state index contributed by atoms with van der Waals surface area (Å²) in [5.74, 6) is 0.152. The molecule has 11 heavy (non-hydrogen) atoms. The molecule has 0 unspecified atom stereocenters. The molecule has 0 saturated carbocycles. The molecule has 0 aromatic rings. The van der Waals surface area contributed by atoms with Crippen LogP contribution in [-0.2, 0) is 4.79 Å². The van der Waals surface area contributed by atoms with Crippen molar-refractivity contribution < 1.29 is 9.90 Å². The Morgan fingerprint density at radius 2 is 2.36 bits per heavy atom. The molecule has 0 heterocycles. The summed E-state index contributed by atoms with van der Waals surface area (Å²) < 4.78 is 0.847. The van der Waals surface area contributed by atoms with Gasteiger partial charge in [0, 0.05) is 11.5 Å². The highest BCUT2D eigenvalue weighted by Crippen LogP contribution is 2.11. The van der Waals surface area contributed by atoms with Crippen LogP contribution < -0.4 is 5.73 Å². The third-order valence-corrected chi connectivity index (χ3v) is 2.67. The summed E-state index contributed by atoms with van der Waals surface area (Å²) in [5.41, 5.74) is 5.24. The van der Waals surface area contributed by atoms with E-state index in [0.29, 0.717) is 11.5 Å². The first-order valence-electron chi connectivity index (χ1n) is 2.93. The molecule has 3 N–H and O–H groups in total. The van der Waals surface area contributed by atoms with Crippen molar-refractivity contribution in [2.45, 2.75) is 6.04 Å². The molecular weight excluding hydrogens is 230 g/mol. The van der Waals surface area contributed by atoms with Gasteiger partial charge in [-0.15, -0.1) is 0 Å². The quantitative estimate of drug-likeness (QED) is 0.753. The Kier molecular flexibility index (Phi) is 5.62. The average molecular weight is 240 g/mol. The highest BCUT2D eigenvalue weighted by atomic mass is 79.9. The third kappa shape index (κ3) is 6.40. The van der Waals surface area contributed by atoms with Gasteiger partial charge in [0.15, 0.2) is 0 Å². The summed E-state index contributed by atoms with van der Waals surface area (Å²) in [6.07, 6.45) is 0. The number of aliphatic carboxylic acids is 1. The molecule has 0 rings (SSSR count). The smallest absolute Gasteiger partial charge is 0.321 e. The van der Waals surface area contributed by atoms with Gasteiger partial charge in [-0.1, -0.05) is 22.5 Å². The van der Waals surface area contributed by atoms with Crippen LogP contribution in [-0.4, -0.2) is 28.6 Å². The minimum Gasteiger partial charge on any atom is -0.480 e. The second-order valence-electron chi connectivity index (χ2n) is 1.98. The first-order valence-corrected chi connectivity index (χ1v) is 4.88. The number of nitrogens with two attached hydrogens (primary N) is 1. The van der Waals surface area contributed by atoms with Crippen LogP contribution in [0.5, 0.6) is 0 Å². The molecule has 0 aromatic carbocycles. The van der Waals surface area contributed by atoms with Crippen LogP contribution >= 0.6 is 27.7 Å². The molecule has 64 valence electrons. The fraction of sp³-hybridized carbons (Fsp3) is 0.500. The number of rotatable bonds is 5. The lowest BCUT2D eigenvalue weighted by atomic mass is 10.4. The van der Waals surface area contributed by atoms with E-state index >= 15 is 0 Å². The van der Waals surface area contributed by atoms with Gasteiger partial charge in [-0.05, 0) is 4.48 Å². The summed E-state index contributed by atoms with van der Waals surface area (Å²) in [7, 11) is 0. The number of carboxylic acid groups (broad SMARTS) is 1. The summed E-state index contributed by atoms with van der Waals surface area (Å²) >= 11 is 4.60. The van der Waals surface area contributed by atoms with Gasteiger partial charge in [-0.2, -0.15) is 11.8 Å². The summed E-state index contributed by atoms with van der Waals surface area (Å²) in [4.78, 5) is 10.2. The maximum absolute atomic E-state index is 10.2. The van der Waals surface area contributed by atoms with E-state index in [4.69, 9.17) is 10.8 Å². The van der Waals surface area contributed by atoms with E-state index in [2.05, 4.69) is 22.5 Å². The largest absolute Gasteiger partial charge is 0.480 e. The van der Waals surface area contributed by atoms with E-state index < -0.39 is 12.0 Å². The van der Waals surface area contributed by atoms with Crippen LogP contribution in [0.1, 0.15) is 0 Å². The molecule has 0 saturated heterocycles. The van der Waals surface area contributed by atoms with Crippen molar-refractivity contribution in [3.8, 4) is 0 Å². The van der Waals surface area contributed by atoms with Crippen LogP contribution in [0.3, 0.4) is 0 Å². The van der Waals surface area contributed by atoms with Crippen molar-refractivity contribution >= 4 is 33.7 Å². The standard InChI is InChI=1S/C6H10BrNO2S/c1-4(7)2-11-3-5(8)6(9)10/h5H,1-3,8H2,(H,9,10)/t5-/m1/s1. The van der Waals surface area contributed by atoms with Crippen molar-refractivity contribution in [1.82, 2.24) is 0 Å². The molecule has 0 radical (unpaired) electrons. The maximum Gasteiger partial charge on any atom is 0.321 e. The maximum atomic E-state index is 10.2. The molecule has 0 aliphatic carbocycles. The monoisotopic (exact) mass is 239 g/mol. The SMILES string of the molecule is C=C(Br)CSC[C@@H](N)C(=O)O. The van der Waals surface area contributed by atoms with Crippen molar-refractivity contribution in [3.63, 3.8) is 0 Å². The van der Waals surface area contributed by atoms with Crippen molar-refractivity contribution in [3.05, 3.63) is 11.1 Å². The number of carbonyl (C=O) groups is 1. The molecule has 0 fully saturated rings. The minimum atomic E-state index is -0.960. The summed E-state index contributed by atoms with van der Waals surface area (Å²) in [5, 5.41) is 8.37. The van der Waals surface area contributed by atoms with Crippen molar-refractivity contribution in [1.29, 1.82) is 0 Å². The predicted molar refractivity (Wildman–Crippen MR) is 51.0 cm³/mol. The number of thioether (sulfide) groups is 1. The fourth-order valence-corrected chi connectivity index (χ4v) is 1.59. The number of hydrogen-bond donors (Lipinski definition) is 2. The minimum absolute atomic E-state index is 0.417. The third-order valence-electron chi connectivity index (χ3n) is 0.873. The normalized spacial score (nSPS) is 12.5. The van der Waals surface area contributed by atoms with Gasteiger partial charge in [0.2, 0.25) is 0 Å². The molecule has 3 nitrogen and oxygen atoms in total. The second-order valence-corrected chi connectivity index (χ2v) is 4.13. The predicted octanol–water partition coefficient (Wildman–Crippen LogP) is 1.04. The van der Waals surface area contributed by atoms with Gasteiger partial charge in [0.1, 0.15) is 6.04 Å².